The average Bonchev–Trinajstić information content (AvgIpc) is 4.01. The lowest BCUT2D eigenvalue weighted by Gasteiger charge is -2.37. The van der Waals surface area contributed by atoms with Crippen molar-refractivity contribution < 1.29 is 31.9 Å². The van der Waals surface area contributed by atoms with Gasteiger partial charge in [-0.2, -0.15) is 5.10 Å². The Labute approximate surface area is 315 Å². The van der Waals surface area contributed by atoms with E-state index in [2.05, 4.69) is 16.7 Å². The van der Waals surface area contributed by atoms with Gasteiger partial charge in [-0.1, -0.05) is 51.1 Å². The number of hydrogen-bond donors (Lipinski definition) is 1. The Morgan fingerprint density at radius 2 is 1.87 bits per heavy atom. The maximum Gasteiger partial charge on any atom is 0.306 e. The van der Waals surface area contributed by atoms with Crippen molar-refractivity contribution in [1.29, 1.82) is 0 Å². The molecule has 2 saturated carbocycles. The number of alkyl halides is 4. The fourth-order valence-corrected chi connectivity index (χ4v) is 7.95. The van der Waals surface area contributed by atoms with Gasteiger partial charge < -0.3 is 10.5 Å². The van der Waals surface area contributed by atoms with E-state index in [1.807, 2.05) is 51.1 Å². The van der Waals surface area contributed by atoms with Crippen LogP contribution in [-0.4, -0.2) is 61.1 Å². The molecule has 3 aliphatic carbocycles. The molecular formula is C39H42ClF4N7O3. The maximum atomic E-state index is 15.2. The second-order valence-corrected chi connectivity index (χ2v) is 16.6. The van der Waals surface area contributed by atoms with Crippen LogP contribution in [0.4, 0.5) is 17.6 Å². The van der Waals surface area contributed by atoms with Crippen molar-refractivity contribution in [2.45, 2.75) is 96.1 Å². The average molecular weight is 768 g/mol. The number of amides is 1. The molecule has 3 heterocycles. The number of ether oxygens (including phenoxy) is 1. The molecule has 0 radical (unpaired) electrons. The highest BCUT2D eigenvalue weighted by Crippen LogP contribution is 2.59. The van der Waals surface area contributed by atoms with Crippen molar-refractivity contribution in [3.05, 3.63) is 83.1 Å². The highest BCUT2D eigenvalue weighted by Gasteiger charge is 2.60. The normalized spacial score (nSPS) is 23.4. The van der Waals surface area contributed by atoms with Crippen LogP contribution >= 0.6 is 11.6 Å². The molecular weight excluding hydrogens is 726 g/mol. The zero-order valence-electron chi connectivity index (χ0n) is 30.5. The van der Waals surface area contributed by atoms with Gasteiger partial charge in [0.15, 0.2) is 17.3 Å². The number of pyridine rings is 1. The lowest BCUT2D eigenvalue weighted by atomic mass is 9.75. The molecule has 0 saturated heterocycles. The number of aliphatic imine (C=N–C) groups is 1. The van der Waals surface area contributed by atoms with E-state index < -0.39 is 71.4 Å². The molecule has 0 bridgehead atoms. The van der Waals surface area contributed by atoms with Gasteiger partial charge in [-0.3, -0.25) is 19.5 Å². The minimum atomic E-state index is -3.11. The predicted octanol–water partition coefficient (Wildman–Crippen LogP) is 8.02. The number of aromatic nitrogens is 4. The Kier molecular flexibility index (Phi) is 9.30. The van der Waals surface area contributed by atoms with Gasteiger partial charge in [0, 0.05) is 28.3 Å². The molecule has 286 valence electrons. The monoisotopic (exact) mass is 767 g/mol. The van der Waals surface area contributed by atoms with E-state index >= 15 is 4.79 Å². The van der Waals surface area contributed by atoms with Crippen LogP contribution in [0.5, 0.6) is 0 Å². The van der Waals surface area contributed by atoms with E-state index in [9.17, 15) is 22.4 Å². The quantitative estimate of drug-likeness (QED) is 0.146. The summed E-state index contributed by atoms with van der Waals surface area (Å²) in [6, 6.07) is 8.39. The van der Waals surface area contributed by atoms with Gasteiger partial charge in [-0.05, 0) is 85.9 Å². The summed E-state index contributed by atoms with van der Waals surface area (Å²) in [5, 5.41) is 4.79. The molecule has 1 aliphatic heterocycles. The second kappa shape index (κ2) is 13.3. The van der Waals surface area contributed by atoms with Crippen LogP contribution in [0.2, 0.25) is 0 Å². The fourth-order valence-electron chi connectivity index (χ4n) is 7.67. The minimum Gasteiger partial charge on any atom is -0.463 e. The molecule has 2 aromatic heterocycles. The smallest absolute Gasteiger partial charge is 0.306 e. The van der Waals surface area contributed by atoms with Gasteiger partial charge in [-0.25, -0.2) is 32.2 Å². The summed E-state index contributed by atoms with van der Waals surface area (Å²) >= 11 is 6.57. The van der Waals surface area contributed by atoms with Crippen molar-refractivity contribution in [3.8, 4) is 0 Å². The van der Waals surface area contributed by atoms with Crippen LogP contribution in [0.25, 0.3) is 16.6 Å². The summed E-state index contributed by atoms with van der Waals surface area (Å²) in [4.78, 5) is 43.1. The summed E-state index contributed by atoms with van der Waals surface area (Å²) in [6.45, 7) is 10.3. The first-order chi connectivity index (χ1) is 25.3. The number of carbonyl (C=O) groups is 2. The van der Waals surface area contributed by atoms with Crippen LogP contribution < -0.4 is 5.73 Å². The third kappa shape index (κ3) is 6.93. The maximum absolute atomic E-state index is 15.2. The van der Waals surface area contributed by atoms with E-state index in [1.165, 1.54) is 17.1 Å². The second-order valence-electron chi connectivity index (χ2n) is 16.2. The van der Waals surface area contributed by atoms with Gasteiger partial charge in [0.1, 0.15) is 12.9 Å². The van der Waals surface area contributed by atoms with Crippen molar-refractivity contribution in [2.75, 3.05) is 6.61 Å². The predicted molar refractivity (Wildman–Crippen MR) is 195 cm³/mol. The van der Waals surface area contributed by atoms with E-state index in [4.69, 9.17) is 32.0 Å². The molecule has 4 aliphatic rings. The number of nitrogens with zero attached hydrogens (tertiary/aromatic N) is 6. The highest BCUT2D eigenvalue weighted by molar-refractivity contribution is 6.36. The Bertz CT molecular complexity index is 2130. The third-order valence-electron chi connectivity index (χ3n) is 10.8. The number of hydrogen-bond acceptors (Lipinski definition) is 8. The summed E-state index contributed by atoms with van der Waals surface area (Å²) < 4.78 is 63.4. The van der Waals surface area contributed by atoms with E-state index in [-0.39, 0.29) is 36.0 Å². The van der Waals surface area contributed by atoms with Crippen LogP contribution in [-0.2, 0) is 19.9 Å². The van der Waals surface area contributed by atoms with Crippen LogP contribution in [0.1, 0.15) is 95.6 Å². The number of benzene rings is 1. The molecule has 10 nitrogen and oxygen atoms in total. The summed E-state index contributed by atoms with van der Waals surface area (Å²) in [6.07, 6.45) is 3.11. The number of nitrogens with two attached hydrogens (primary N) is 1. The number of guanidine groups is 1. The number of halogens is 5. The van der Waals surface area contributed by atoms with Gasteiger partial charge in [0.25, 0.3) is 18.3 Å². The van der Waals surface area contributed by atoms with E-state index in [0.29, 0.717) is 17.1 Å². The van der Waals surface area contributed by atoms with Crippen LogP contribution in [0.15, 0.2) is 71.0 Å². The third-order valence-corrected chi connectivity index (χ3v) is 11.1. The van der Waals surface area contributed by atoms with Crippen molar-refractivity contribution in [3.63, 3.8) is 0 Å². The molecule has 3 aromatic rings. The summed E-state index contributed by atoms with van der Waals surface area (Å²) in [5.41, 5.74) is 5.95. The Hall–Kier alpha value is -4.59. The largest absolute Gasteiger partial charge is 0.463 e. The number of allylic oxidation sites excluding steroid dienone is 3. The minimum absolute atomic E-state index is 0.0198. The number of fused-ring (bicyclic) bond motifs is 1. The molecule has 54 heavy (non-hydrogen) atoms. The van der Waals surface area contributed by atoms with Crippen LogP contribution in [0.3, 0.4) is 0 Å². The first-order valence-corrected chi connectivity index (χ1v) is 18.3. The van der Waals surface area contributed by atoms with Crippen molar-refractivity contribution >= 4 is 46.0 Å². The number of rotatable bonds is 12. The molecule has 15 heteroatoms. The zero-order chi connectivity index (χ0) is 39.0. The lowest BCUT2D eigenvalue weighted by molar-refractivity contribution is -0.153. The molecule has 1 aromatic carbocycles. The molecule has 7 rings (SSSR count). The first kappa shape index (κ1) is 37.7. The number of carbonyl (C=O) groups excluding carboxylic acids is 2. The standard InChI is InChI=1S/C39H42ClF4N7O3/c1-21-14-26(40)29(51-33(32(41)42)46-20-47-51)16-25(21)30(18-54-31(52)17-38(12-13-38)37(5,43)44)50-34(53)39(49-35(50)45,19-36(2,3)4)24-9-11-28-23(15-24)8-10-27(48-28)22-6-7-22/h8-11,14-16,20,22,25,30,32H,1,6-7,12-13,17-19H2,2-5H3,(H2,45,49)/t25?,30-,39-/m1/s1. The van der Waals surface area contributed by atoms with E-state index in [1.54, 1.807) is 0 Å². The first-order valence-electron chi connectivity index (χ1n) is 17.9. The van der Waals surface area contributed by atoms with E-state index in [0.717, 1.165) is 47.4 Å². The Morgan fingerprint density at radius 3 is 2.50 bits per heavy atom. The summed E-state index contributed by atoms with van der Waals surface area (Å²) in [5.74, 6) is -5.85. The topological polar surface area (TPSA) is 129 Å². The lowest BCUT2D eigenvalue weighted by Crippen LogP contribution is -2.54. The van der Waals surface area contributed by atoms with Crippen LogP contribution in [0, 0.1) is 16.7 Å². The summed E-state index contributed by atoms with van der Waals surface area (Å²) in [7, 11) is 0. The van der Waals surface area contributed by atoms with Crippen molar-refractivity contribution in [2.24, 2.45) is 27.5 Å². The molecule has 2 N–H and O–H groups in total. The Morgan fingerprint density at radius 1 is 1.15 bits per heavy atom. The SMILES string of the molecule is C=C1C=C(Cl)C(n2ncnc2C(F)F)=CC1[C@@H](COC(=O)CC1(C(C)(F)F)CC1)N1C(=O)[C@@](CC(C)(C)C)(c2ccc3nc(C4CC4)ccc3c2)N=C1N. The molecule has 2 fully saturated rings. The fraction of sp³-hybridized carbons (Fsp3) is 0.487. The Balaban J connectivity index is 1.29. The highest BCUT2D eigenvalue weighted by atomic mass is 35.5. The molecule has 1 unspecified atom stereocenters. The van der Waals surface area contributed by atoms with Gasteiger partial charge in [-0.15, -0.1) is 0 Å². The van der Waals surface area contributed by atoms with Gasteiger partial charge in [0.05, 0.1) is 28.7 Å². The van der Waals surface area contributed by atoms with Gasteiger partial charge in [0.2, 0.25) is 0 Å². The van der Waals surface area contributed by atoms with Gasteiger partial charge >= 0.3 is 5.97 Å². The molecule has 1 amide bonds. The molecule has 0 spiro atoms. The molecule has 3 atom stereocenters. The number of esters is 1. The van der Waals surface area contributed by atoms with Crippen molar-refractivity contribution in [1.82, 2.24) is 24.6 Å². The zero-order valence-corrected chi connectivity index (χ0v) is 31.2.